The van der Waals surface area contributed by atoms with Gasteiger partial charge in [0.15, 0.2) is 0 Å². The first-order valence-electron chi connectivity index (χ1n) is 6.91. The van der Waals surface area contributed by atoms with E-state index in [1.165, 1.54) is 0 Å². The molecule has 0 aliphatic heterocycles. The lowest BCUT2D eigenvalue weighted by molar-refractivity contribution is -0.108. The molecule has 0 unspecified atom stereocenters. The number of nitrogens with zero attached hydrogens (tertiary/aromatic N) is 2. The van der Waals surface area contributed by atoms with Crippen molar-refractivity contribution < 1.29 is 9.47 Å². The molecular formula is C17H14Cl2N2O2. The first-order valence-corrected chi connectivity index (χ1v) is 7.67. The van der Waals surface area contributed by atoms with Crippen LogP contribution in [0.5, 0.6) is 0 Å². The molecule has 0 N–H and O–H groups in total. The van der Waals surface area contributed by atoms with Crippen LogP contribution in [-0.2, 0) is 9.47 Å². The van der Waals surface area contributed by atoms with Crippen LogP contribution >= 0.6 is 23.2 Å². The molecule has 3 aromatic rings. The predicted octanol–water partition coefficient (Wildman–Crippen LogP) is 4.90. The monoisotopic (exact) mass is 348 g/mol. The predicted molar refractivity (Wildman–Crippen MR) is 91.8 cm³/mol. The van der Waals surface area contributed by atoms with Crippen LogP contribution in [0.15, 0.2) is 42.5 Å². The van der Waals surface area contributed by atoms with Gasteiger partial charge in [-0.3, -0.25) is 0 Å². The van der Waals surface area contributed by atoms with E-state index in [1.807, 2.05) is 30.3 Å². The van der Waals surface area contributed by atoms with Crippen molar-refractivity contribution in [3.8, 4) is 11.3 Å². The molecule has 0 bridgehead atoms. The van der Waals surface area contributed by atoms with Crippen molar-refractivity contribution in [1.29, 1.82) is 0 Å². The fourth-order valence-corrected chi connectivity index (χ4v) is 2.67. The van der Waals surface area contributed by atoms with E-state index in [0.29, 0.717) is 32.5 Å². The molecule has 0 fully saturated rings. The van der Waals surface area contributed by atoms with E-state index in [1.54, 1.807) is 26.4 Å². The molecule has 0 amide bonds. The van der Waals surface area contributed by atoms with Gasteiger partial charge in [-0.2, -0.15) is 0 Å². The molecule has 0 saturated carbocycles. The molecule has 0 atom stereocenters. The summed E-state index contributed by atoms with van der Waals surface area (Å²) in [6.45, 7) is 0. The Bertz CT molecular complexity index is 837. The molecular weight excluding hydrogens is 335 g/mol. The van der Waals surface area contributed by atoms with Crippen LogP contribution in [0.3, 0.4) is 0 Å². The Morgan fingerprint density at radius 3 is 2.00 bits per heavy atom. The fraction of sp³-hybridized carbons (Fsp3) is 0.176. The molecule has 6 heteroatoms. The van der Waals surface area contributed by atoms with Crippen molar-refractivity contribution in [3.63, 3.8) is 0 Å². The van der Waals surface area contributed by atoms with Crippen LogP contribution < -0.4 is 0 Å². The Balaban J connectivity index is 2.30. The summed E-state index contributed by atoms with van der Waals surface area (Å²) in [6.07, 6.45) is -0.628. The first kappa shape index (κ1) is 16.1. The summed E-state index contributed by atoms with van der Waals surface area (Å²) in [6, 6.07) is 13.1. The SMILES string of the molecule is COC(OC)c1nc2cc(Cl)c(Cl)cc2nc1-c1ccccc1. The number of benzene rings is 2. The zero-order valence-corrected chi connectivity index (χ0v) is 14.1. The van der Waals surface area contributed by atoms with Gasteiger partial charge in [-0.1, -0.05) is 53.5 Å². The highest BCUT2D eigenvalue weighted by molar-refractivity contribution is 6.42. The molecule has 0 radical (unpaired) electrons. The fourth-order valence-electron chi connectivity index (χ4n) is 2.36. The van der Waals surface area contributed by atoms with Gasteiger partial charge in [0.25, 0.3) is 0 Å². The normalized spacial score (nSPS) is 11.3. The Morgan fingerprint density at radius 1 is 0.870 bits per heavy atom. The van der Waals surface area contributed by atoms with Crippen LogP contribution in [0.2, 0.25) is 10.0 Å². The standard InChI is InChI=1S/C17H14Cl2N2O2/c1-22-17(23-2)16-15(10-6-4-3-5-7-10)20-13-8-11(18)12(19)9-14(13)21-16/h3-9,17H,1-2H3. The Hall–Kier alpha value is -1.72. The van der Waals surface area contributed by atoms with E-state index in [0.717, 1.165) is 5.56 Å². The average Bonchev–Trinajstić information content (AvgIpc) is 2.57. The molecule has 1 aromatic heterocycles. The maximum Gasteiger partial charge on any atom is 0.202 e. The number of methoxy groups -OCH3 is 2. The van der Waals surface area contributed by atoms with Gasteiger partial charge in [0, 0.05) is 19.8 Å². The molecule has 0 aliphatic rings. The maximum absolute atomic E-state index is 6.09. The minimum atomic E-state index is -0.628. The third kappa shape index (κ3) is 3.16. The zero-order chi connectivity index (χ0) is 16.4. The van der Waals surface area contributed by atoms with Gasteiger partial charge in [-0.25, -0.2) is 9.97 Å². The van der Waals surface area contributed by atoms with Crippen molar-refractivity contribution in [2.45, 2.75) is 6.29 Å². The number of rotatable bonds is 4. The van der Waals surface area contributed by atoms with Crippen molar-refractivity contribution in [2.75, 3.05) is 14.2 Å². The van der Waals surface area contributed by atoms with Crippen LogP contribution in [-0.4, -0.2) is 24.2 Å². The number of aromatic nitrogens is 2. The summed E-state index contributed by atoms with van der Waals surface area (Å²) in [5.74, 6) is 0. The minimum Gasteiger partial charge on any atom is -0.350 e. The van der Waals surface area contributed by atoms with Crippen LogP contribution in [0.1, 0.15) is 12.0 Å². The third-order valence-electron chi connectivity index (χ3n) is 3.43. The van der Waals surface area contributed by atoms with Gasteiger partial charge < -0.3 is 9.47 Å². The maximum atomic E-state index is 6.09. The first-order chi connectivity index (χ1) is 11.1. The number of ether oxygens (including phenoxy) is 2. The lowest BCUT2D eigenvalue weighted by Crippen LogP contribution is -2.09. The number of hydrogen-bond donors (Lipinski definition) is 0. The second-order valence-electron chi connectivity index (χ2n) is 4.88. The van der Waals surface area contributed by atoms with E-state index < -0.39 is 6.29 Å². The molecule has 4 nitrogen and oxygen atoms in total. The van der Waals surface area contributed by atoms with E-state index in [4.69, 9.17) is 37.7 Å². The smallest absolute Gasteiger partial charge is 0.202 e. The second-order valence-corrected chi connectivity index (χ2v) is 5.70. The largest absolute Gasteiger partial charge is 0.350 e. The van der Waals surface area contributed by atoms with E-state index in [2.05, 4.69) is 4.98 Å². The van der Waals surface area contributed by atoms with E-state index in [-0.39, 0.29) is 0 Å². The summed E-state index contributed by atoms with van der Waals surface area (Å²) in [5, 5.41) is 0.869. The van der Waals surface area contributed by atoms with Gasteiger partial charge in [0.2, 0.25) is 6.29 Å². The third-order valence-corrected chi connectivity index (χ3v) is 4.15. The highest BCUT2D eigenvalue weighted by atomic mass is 35.5. The molecule has 0 saturated heterocycles. The van der Waals surface area contributed by atoms with Crippen molar-refractivity contribution in [2.24, 2.45) is 0 Å². The molecule has 3 rings (SSSR count). The van der Waals surface area contributed by atoms with Crippen molar-refractivity contribution in [1.82, 2.24) is 9.97 Å². The Kier molecular flexibility index (Phi) is 4.78. The Labute approximate surface area is 144 Å². The molecule has 2 aromatic carbocycles. The topological polar surface area (TPSA) is 44.2 Å². The summed E-state index contributed by atoms with van der Waals surface area (Å²) in [7, 11) is 3.12. The summed E-state index contributed by atoms with van der Waals surface area (Å²) in [5.41, 5.74) is 3.49. The van der Waals surface area contributed by atoms with Gasteiger partial charge >= 0.3 is 0 Å². The molecule has 23 heavy (non-hydrogen) atoms. The number of halogens is 2. The van der Waals surface area contributed by atoms with Crippen LogP contribution in [0.25, 0.3) is 22.3 Å². The highest BCUT2D eigenvalue weighted by Gasteiger charge is 2.20. The van der Waals surface area contributed by atoms with E-state index >= 15 is 0 Å². The number of hydrogen-bond acceptors (Lipinski definition) is 4. The molecule has 1 heterocycles. The zero-order valence-electron chi connectivity index (χ0n) is 12.6. The summed E-state index contributed by atoms with van der Waals surface area (Å²) >= 11 is 12.2. The minimum absolute atomic E-state index is 0.429. The van der Waals surface area contributed by atoms with Crippen LogP contribution in [0, 0.1) is 0 Å². The average molecular weight is 349 g/mol. The van der Waals surface area contributed by atoms with E-state index in [9.17, 15) is 0 Å². The summed E-state index contributed by atoms with van der Waals surface area (Å²) in [4.78, 5) is 9.34. The summed E-state index contributed by atoms with van der Waals surface area (Å²) < 4.78 is 10.7. The van der Waals surface area contributed by atoms with Gasteiger partial charge in [0.1, 0.15) is 5.69 Å². The molecule has 118 valence electrons. The molecule has 0 spiro atoms. The van der Waals surface area contributed by atoms with Gasteiger partial charge in [-0.05, 0) is 12.1 Å². The lowest BCUT2D eigenvalue weighted by Gasteiger charge is -2.17. The van der Waals surface area contributed by atoms with Gasteiger partial charge in [0.05, 0.1) is 26.8 Å². The quantitative estimate of drug-likeness (QED) is 0.629. The Morgan fingerprint density at radius 2 is 1.43 bits per heavy atom. The van der Waals surface area contributed by atoms with Gasteiger partial charge in [-0.15, -0.1) is 0 Å². The van der Waals surface area contributed by atoms with Crippen molar-refractivity contribution in [3.05, 3.63) is 58.2 Å². The van der Waals surface area contributed by atoms with Crippen LogP contribution in [0.4, 0.5) is 0 Å². The highest BCUT2D eigenvalue weighted by Crippen LogP contribution is 2.32. The second kappa shape index (κ2) is 6.81. The number of fused-ring (bicyclic) bond motifs is 1. The molecule has 0 aliphatic carbocycles. The van der Waals surface area contributed by atoms with Crippen molar-refractivity contribution >= 4 is 34.2 Å². The lowest BCUT2D eigenvalue weighted by atomic mass is 10.1.